The van der Waals surface area contributed by atoms with Crippen LogP contribution in [0.15, 0.2) is 24.3 Å². The maximum absolute atomic E-state index is 12.5. The summed E-state index contributed by atoms with van der Waals surface area (Å²) in [4.78, 5) is 34.9. The first kappa shape index (κ1) is 22.4. The van der Waals surface area contributed by atoms with Crippen LogP contribution in [0.5, 0.6) is 0 Å². The summed E-state index contributed by atoms with van der Waals surface area (Å²) in [5.74, 6) is -4.01. The van der Waals surface area contributed by atoms with Gasteiger partial charge in [0.15, 0.2) is 6.10 Å². The van der Waals surface area contributed by atoms with Crippen LogP contribution in [0.1, 0.15) is 37.5 Å². The molecule has 0 aliphatic rings. The molecule has 0 saturated carbocycles. The van der Waals surface area contributed by atoms with Gasteiger partial charge in [0.25, 0.3) is 5.91 Å². The molecular formula is C17H20F3NO6. The normalized spacial score (nSPS) is 14.7. The minimum absolute atomic E-state index is 0.111. The third kappa shape index (κ3) is 6.55. The van der Waals surface area contributed by atoms with Gasteiger partial charge in [-0.2, -0.15) is 13.2 Å². The number of carbonyl (C=O) groups excluding carboxylic acids is 2. The van der Waals surface area contributed by atoms with Crippen molar-refractivity contribution in [2.45, 2.75) is 38.6 Å². The van der Waals surface area contributed by atoms with E-state index in [9.17, 15) is 37.8 Å². The second-order valence-corrected chi connectivity index (χ2v) is 5.81. The molecule has 0 aromatic heterocycles. The van der Waals surface area contributed by atoms with Gasteiger partial charge >= 0.3 is 18.1 Å². The van der Waals surface area contributed by atoms with Crippen molar-refractivity contribution in [1.29, 1.82) is 0 Å². The summed E-state index contributed by atoms with van der Waals surface area (Å²) in [5.41, 5.74) is -1.09. The Morgan fingerprint density at radius 1 is 1.19 bits per heavy atom. The highest BCUT2D eigenvalue weighted by Gasteiger charge is 2.32. The van der Waals surface area contributed by atoms with Crippen LogP contribution in [0.25, 0.3) is 0 Å². The molecule has 150 valence electrons. The van der Waals surface area contributed by atoms with Crippen LogP contribution in [-0.2, 0) is 25.3 Å². The molecular weight excluding hydrogens is 371 g/mol. The lowest BCUT2D eigenvalue weighted by molar-refractivity contribution is -0.150. The maximum Gasteiger partial charge on any atom is 0.416 e. The van der Waals surface area contributed by atoms with E-state index in [1.54, 1.807) is 6.92 Å². The van der Waals surface area contributed by atoms with Crippen LogP contribution in [0, 0.1) is 5.92 Å². The van der Waals surface area contributed by atoms with E-state index in [0.29, 0.717) is 12.1 Å². The highest BCUT2D eigenvalue weighted by molar-refractivity contribution is 5.87. The second-order valence-electron chi connectivity index (χ2n) is 5.81. The molecule has 10 heteroatoms. The van der Waals surface area contributed by atoms with E-state index in [2.05, 4.69) is 5.32 Å². The first-order chi connectivity index (χ1) is 12.5. The van der Waals surface area contributed by atoms with Gasteiger partial charge in [0.2, 0.25) is 0 Å². The number of amides is 1. The lowest BCUT2D eigenvalue weighted by Crippen LogP contribution is -2.44. The molecule has 3 atom stereocenters. The Bertz CT molecular complexity index is 674. The van der Waals surface area contributed by atoms with E-state index in [0.717, 1.165) is 12.1 Å². The number of alkyl halides is 3. The summed E-state index contributed by atoms with van der Waals surface area (Å²) < 4.78 is 42.4. The molecule has 0 unspecified atom stereocenters. The van der Waals surface area contributed by atoms with Crippen molar-refractivity contribution in [3.8, 4) is 0 Å². The number of carboxylic acid groups (broad SMARTS) is 1. The molecule has 0 radical (unpaired) electrons. The summed E-state index contributed by atoms with van der Waals surface area (Å²) in [6.45, 7) is 3.12. The van der Waals surface area contributed by atoms with Crippen molar-refractivity contribution in [2.75, 3.05) is 6.61 Å². The molecule has 0 aliphatic carbocycles. The van der Waals surface area contributed by atoms with Crippen LogP contribution >= 0.6 is 0 Å². The standard InChI is InChI=1S/C17H20F3NO6/c1-3-27-16(26)9(2)8-12(15(24)25)21-14(23)13(22)10-4-6-11(7-5-10)17(18,19)20/h4-7,9,12-13,22H,3,8H2,1-2H3,(H,21,23)(H,24,25)/t9-,12-,13+/m1/s1. The highest BCUT2D eigenvalue weighted by atomic mass is 19.4. The molecule has 0 aliphatic heterocycles. The second kappa shape index (κ2) is 9.36. The monoisotopic (exact) mass is 391 g/mol. The molecule has 0 saturated heterocycles. The maximum atomic E-state index is 12.5. The molecule has 1 aromatic rings. The first-order valence-electron chi connectivity index (χ1n) is 8.02. The van der Waals surface area contributed by atoms with Crippen molar-refractivity contribution in [1.82, 2.24) is 5.32 Å². The molecule has 27 heavy (non-hydrogen) atoms. The van der Waals surface area contributed by atoms with E-state index in [1.165, 1.54) is 6.92 Å². The number of aliphatic carboxylic acids is 1. The molecule has 0 heterocycles. The van der Waals surface area contributed by atoms with Crippen molar-refractivity contribution < 1.29 is 42.5 Å². The van der Waals surface area contributed by atoms with Gasteiger partial charge < -0.3 is 20.3 Å². The molecule has 1 rings (SSSR count). The van der Waals surface area contributed by atoms with Gasteiger partial charge in [0.1, 0.15) is 6.04 Å². The summed E-state index contributed by atoms with van der Waals surface area (Å²) in [6, 6.07) is 1.75. The number of benzene rings is 1. The molecule has 0 bridgehead atoms. The number of hydrogen-bond acceptors (Lipinski definition) is 5. The summed E-state index contributed by atoms with van der Waals surface area (Å²) >= 11 is 0. The van der Waals surface area contributed by atoms with E-state index in [-0.39, 0.29) is 18.6 Å². The van der Waals surface area contributed by atoms with Crippen LogP contribution < -0.4 is 5.32 Å². The van der Waals surface area contributed by atoms with E-state index in [4.69, 9.17) is 4.74 Å². The lowest BCUT2D eigenvalue weighted by Gasteiger charge is -2.20. The minimum atomic E-state index is -4.57. The van der Waals surface area contributed by atoms with Crippen LogP contribution in [-0.4, -0.2) is 40.7 Å². The van der Waals surface area contributed by atoms with E-state index in [1.807, 2.05) is 0 Å². The molecule has 7 nitrogen and oxygen atoms in total. The van der Waals surface area contributed by atoms with Crippen molar-refractivity contribution >= 4 is 17.8 Å². The summed E-state index contributed by atoms with van der Waals surface area (Å²) in [5, 5.41) is 21.2. The fourth-order valence-corrected chi connectivity index (χ4v) is 2.21. The first-order valence-corrected chi connectivity index (χ1v) is 8.02. The summed E-state index contributed by atoms with van der Waals surface area (Å²) in [7, 11) is 0. The zero-order chi connectivity index (χ0) is 20.8. The van der Waals surface area contributed by atoms with Gasteiger partial charge in [-0.1, -0.05) is 19.1 Å². The number of aliphatic hydroxyl groups excluding tert-OH is 1. The number of rotatable bonds is 8. The van der Waals surface area contributed by atoms with Gasteiger partial charge in [0.05, 0.1) is 18.1 Å². The smallest absolute Gasteiger partial charge is 0.416 e. The Balaban J connectivity index is 2.80. The average Bonchev–Trinajstić information content (AvgIpc) is 2.59. The Kier molecular flexibility index (Phi) is 7.77. The van der Waals surface area contributed by atoms with Gasteiger partial charge in [-0.25, -0.2) is 4.79 Å². The third-order valence-corrected chi connectivity index (χ3v) is 3.69. The zero-order valence-electron chi connectivity index (χ0n) is 14.6. The Morgan fingerprint density at radius 3 is 2.19 bits per heavy atom. The lowest BCUT2D eigenvalue weighted by atomic mass is 10.0. The zero-order valence-corrected chi connectivity index (χ0v) is 14.6. The average molecular weight is 391 g/mol. The summed E-state index contributed by atoms with van der Waals surface area (Å²) in [6.07, 6.45) is -6.71. The number of ether oxygens (including phenoxy) is 1. The third-order valence-electron chi connectivity index (χ3n) is 3.69. The number of halogens is 3. The van der Waals surface area contributed by atoms with Gasteiger partial charge in [0, 0.05) is 0 Å². The molecule has 0 spiro atoms. The predicted molar refractivity (Wildman–Crippen MR) is 86.4 cm³/mol. The van der Waals surface area contributed by atoms with Crippen LogP contribution in [0.4, 0.5) is 13.2 Å². The largest absolute Gasteiger partial charge is 0.480 e. The fourth-order valence-electron chi connectivity index (χ4n) is 2.21. The van der Waals surface area contributed by atoms with Crippen molar-refractivity contribution in [3.63, 3.8) is 0 Å². The quantitative estimate of drug-likeness (QED) is 0.584. The number of hydrogen-bond donors (Lipinski definition) is 3. The number of carbonyl (C=O) groups is 3. The molecule has 1 amide bonds. The predicted octanol–water partition coefficient (Wildman–Crippen LogP) is 1.90. The van der Waals surface area contributed by atoms with Crippen LogP contribution in [0.2, 0.25) is 0 Å². The Labute approximate surface area is 153 Å². The minimum Gasteiger partial charge on any atom is -0.480 e. The van der Waals surface area contributed by atoms with E-state index < -0.39 is 47.6 Å². The topological polar surface area (TPSA) is 113 Å². The number of esters is 1. The number of aliphatic hydroxyl groups is 1. The SMILES string of the molecule is CCOC(=O)[C@H](C)C[C@@H](NC(=O)[C@@H](O)c1ccc(C(F)(F)F)cc1)C(=O)O. The van der Waals surface area contributed by atoms with E-state index >= 15 is 0 Å². The Hall–Kier alpha value is -2.62. The van der Waals surface area contributed by atoms with Crippen molar-refractivity contribution in [3.05, 3.63) is 35.4 Å². The van der Waals surface area contributed by atoms with Gasteiger partial charge in [-0.15, -0.1) is 0 Å². The number of nitrogens with one attached hydrogen (secondary N) is 1. The van der Waals surface area contributed by atoms with Crippen molar-refractivity contribution in [2.24, 2.45) is 5.92 Å². The van der Waals surface area contributed by atoms with Gasteiger partial charge in [-0.05, 0) is 31.0 Å². The highest BCUT2D eigenvalue weighted by Crippen LogP contribution is 2.30. The van der Waals surface area contributed by atoms with Gasteiger partial charge in [-0.3, -0.25) is 9.59 Å². The molecule has 0 fully saturated rings. The Morgan fingerprint density at radius 2 is 1.74 bits per heavy atom. The fraction of sp³-hybridized carbons (Fsp3) is 0.471. The number of carboxylic acids is 1. The molecule has 1 aromatic carbocycles. The van der Waals surface area contributed by atoms with Crippen LogP contribution in [0.3, 0.4) is 0 Å². The molecule has 3 N–H and O–H groups in total.